The van der Waals surface area contributed by atoms with Crippen molar-refractivity contribution < 1.29 is 9.31 Å². The molecule has 0 atom stereocenters. The van der Waals surface area contributed by atoms with E-state index in [1.807, 2.05) is 84.9 Å². The molecule has 3 aliphatic rings. The van der Waals surface area contributed by atoms with Gasteiger partial charge in [-0.15, -0.1) is 0 Å². The molecular formula is C114H84BBrN8O2. The number of aromatic nitrogens is 8. The van der Waals surface area contributed by atoms with Crippen LogP contribution in [0.3, 0.4) is 0 Å². The first-order valence-corrected chi connectivity index (χ1v) is 44.0. The topological polar surface area (TPSA) is 106 Å². The van der Waals surface area contributed by atoms with E-state index in [2.05, 4.69) is 360 Å². The Morgan fingerprint density at radius 1 is 0.230 bits per heavy atom. The Labute approximate surface area is 738 Å². The summed E-state index contributed by atoms with van der Waals surface area (Å²) in [5.41, 5.74) is 21.6. The fourth-order valence-electron chi connectivity index (χ4n) is 19.9. The van der Waals surface area contributed by atoms with E-state index in [1.165, 1.54) is 136 Å². The number of fused-ring (bicyclic) bond motifs is 24. The van der Waals surface area contributed by atoms with Gasteiger partial charge in [-0.2, -0.15) is 19.9 Å². The molecule has 0 amide bonds. The molecule has 12 heteroatoms. The molecule has 0 radical (unpaired) electrons. The maximum absolute atomic E-state index is 6.40. The highest BCUT2D eigenvalue weighted by molar-refractivity contribution is 9.10. The number of halogens is 1. The molecule has 4 aromatic heterocycles. The van der Waals surface area contributed by atoms with Crippen LogP contribution in [-0.4, -0.2) is 57.4 Å². The summed E-state index contributed by atoms with van der Waals surface area (Å²) in [6.07, 6.45) is 0. The van der Waals surface area contributed by atoms with Gasteiger partial charge in [0.2, 0.25) is 11.9 Å². The number of nitrogens with zero attached hydrogens (tertiary/aromatic N) is 8. The standard InChI is InChI=1S/C54H36N4.C33H31BO2.C27H17BrN4/c1-54(2)47-21-11-8-18-40(47)46-31-44-38-17-7-6-16-37(38)43-30-36(28-29-39(43)45(44)32-48(46)54)33-24-26-35(27-25-33)52-55-51(34-14-4-3-5-15-34)56-53(57-52)58-49-22-12-9-19-41(49)42-20-10-13-23-50(42)58;1-31(2)29-14-10-9-13-24(29)28-18-26-22-12-8-7-11-21(22)25-17-20(15-16-23(25)27(26)19-30(28)31)34-35-32(3,4)33(5,6)36-34;28-20-16-14-19(15-17-20)26-29-25(18-8-2-1-3-9-18)30-27(31-26)32-23-12-6-4-10-21(23)22-11-5-7-13-24(22)32/h3-32H,1-2H3;7-19H,1-6H3;1-17H. The number of para-hydroxylation sites is 4. The molecule has 2 aliphatic carbocycles. The molecular weight excluding hydrogens is 1600 g/mol. The van der Waals surface area contributed by atoms with E-state index in [1.54, 1.807) is 0 Å². The van der Waals surface area contributed by atoms with Crippen molar-refractivity contribution in [1.82, 2.24) is 39.0 Å². The maximum atomic E-state index is 6.40. The molecule has 1 saturated heterocycles. The third kappa shape index (κ3) is 12.4. The van der Waals surface area contributed by atoms with E-state index in [0.717, 1.165) is 59.8 Å². The van der Waals surface area contributed by atoms with Crippen LogP contribution in [-0.2, 0) is 20.1 Å². The second-order valence-electron chi connectivity index (χ2n) is 35.6. The van der Waals surface area contributed by atoms with Crippen LogP contribution in [0.5, 0.6) is 0 Å². The summed E-state index contributed by atoms with van der Waals surface area (Å²) in [7, 11) is -0.373. The Morgan fingerprint density at radius 2 is 0.524 bits per heavy atom. The van der Waals surface area contributed by atoms with Gasteiger partial charge in [0.05, 0.1) is 33.3 Å². The molecule has 10 nitrogen and oxygen atoms in total. The van der Waals surface area contributed by atoms with Gasteiger partial charge in [-0.3, -0.25) is 9.13 Å². The van der Waals surface area contributed by atoms with Crippen molar-refractivity contribution >= 4 is 137 Å². The molecule has 0 unspecified atom stereocenters. The molecule has 1 aliphatic heterocycles. The molecule has 0 saturated carbocycles. The summed E-state index contributed by atoms with van der Waals surface area (Å²) < 4.78 is 18.1. The Balaban J connectivity index is 0.000000116. The highest BCUT2D eigenvalue weighted by Gasteiger charge is 2.52. The molecule has 22 aromatic rings. The summed E-state index contributed by atoms with van der Waals surface area (Å²) in [6, 6.07) is 130. The van der Waals surface area contributed by atoms with Crippen molar-refractivity contribution in [3.63, 3.8) is 0 Å². The number of rotatable bonds is 8. The normalized spacial score (nSPS) is 14.4. The van der Waals surface area contributed by atoms with Crippen LogP contribution in [0.1, 0.15) is 77.6 Å². The van der Waals surface area contributed by atoms with Gasteiger partial charge in [0.25, 0.3) is 0 Å². The lowest BCUT2D eigenvalue weighted by Crippen LogP contribution is -2.41. The van der Waals surface area contributed by atoms with Gasteiger partial charge in [0, 0.05) is 59.1 Å². The number of hydrogen-bond donors (Lipinski definition) is 0. The summed E-state index contributed by atoms with van der Waals surface area (Å²) >= 11 is 3.51. The molecule has 0 N–H and O–H groups in total. The summed E-state index contributed by atoms with van der Waals surface area (Å²) in [6.45, 7) is 17.9. The fourth-order valence-corrected chi connectivity index (χ4v) is 20.2. The van der Waals surface area contributed by atoms with Crippen molar-refractivity contribution in [3.8, 4) is 90.8 Å². The van der Waals surface area contributed by atoms with Gasteiger partial charge >= 0.3 is 7.12 Å². The average Bonchev–Trinajstić information content (AvgIpc) is 1.52. The van der Waals surface area contributed by atoms with E-state index in [-0.39, 0.29) is 29.2 Å². The van der Waals surface area contributed by atoms with Gasteiger partial charge in [0.1, 0.15) is 0 Å². The highest BCUT2D eigenvalue weighted by atomic mass is 79.9. The molecule has 126 heavy (non-hydrogen) atoms. The monoisotopic (exact) mass is 1690 g/mol. The van der Waals surface area contributed by atoms with Crippen LogP contribution in [0.15, 0.2) is 368 Å². The largest absolute Gasteiger partial charge is 0.494 e. The van der Waals surface area contributed by atoms with Gasteiger partial charge in [-0.25, -0.2) is 9.97 Å². The highest BCUT2D eigenvalue weighted by Crippen LogP contribution is 2.54. The maximum Gasteiger partial charge on any atom is 0.494 e. The van der Waals surface area contributed by atoms with Crippen LogP contribution in [0.4, 0.5) is 0 Å². The summed E-state index contributed by atoms with van der Waals surface area (Å²) in [5.74, 6) is 3.76. The van der Waals surface area contributed by atoms with E-state index in [0.29, 0.717) is 35.2 Å². The number of benzene rings is 18. The van der Waals surface area contributed by atoms with Gasteiger partial charge < -0.3 is 9.31 Å². The molecule has 1 fully saturated rings. The van der Waals surface area contributed by atoms with Crippen molar-refractivity contribution in [3.05, 3.63) is 391 Å². The SMILES string of the molecule is Brc1ccc(-c2nc(-c3ccccc3)nc(-n3c4ccccc4c4ccccc43)n2)cc1.CC1(C)c2ccccc2-c2cc3c4ccccc4c4cc(-c5ccc(-c6nc(-c7ccccc7)nc(-n7c8ccccc8c8ccccc87)n6)cc5)ccc4c3cc21.CC1(C)c2ccccc2-c2cc3c4ccccc4c4cc(B5OC(C)(C)C(C)(C)O5)ccc4c3cc21. The predicted octanol–water partition coefficient (Wildman–Crippen LogP) is 28.6. The van der Waals surface area contributed by atoms with Crippen molar-refractivity contribution in [2.45, 2.75) is 77.4 Å². The lowest BCUT2D eigenvalue weighted by Gasteiger charge is -2.32. The average molecular weight is 1690 g/mol. The minimum atomic E-state index is -0.373. The first kappa shape index (κ1) is 76.5. The third-order valence-electron chi connectivity index (χ3n) is 27.1. The Morgan fingerprint density at radius 3 is 0.929 bits per heavy atom. The zero-order valence-electron chi connectivity index (χ0n) is 71.0. The van der Waals surface area contributed by atoms with Gasteiger partial charge in [-0.05, 0) is 220 Å². The van der Waals surface area contributed by atoms with E-state index in [4.69, 9.17) is 39.2 Å². The first-order chi connectivity index (χ1) is 61.4. The second kappa shape index (κ2) is 29.4. The zero-order chi connectivity index (χ0) is 85.1. The summed E-state index contributed by atoms with van der Waals surface area (Å²) in [5, 5.41) is 20.1. The molecule has 602 valence electrons. The van der Waals surface area contributed by atoms with Crippen LogP contribution < -0.4 is 5.46 Å². The van der Waals surface area contributed by atoms with E-state index in [9.17, 15) is 0 Å². The van der Waals surface area contributed by atoms with Gasteiger partial charge in [-0.1, -0.05) is 341 Å². The summed E-state index contributed by atoms with van der Waals surface area (Å²) in [4.78, 5) is 30.0. The Hall–Kier alpha value is -14.4. The third-order valence-corrected chi connectivity index (χ3v) is 27.6. The predicted molar refractivity (Wildman–Crippen MR) is 526 cm³/mol. The quantitative estimate of drug-likeness (QED) is 0.109. The molecule has 0 spiro atoms. The Kier molecular flexibility index (Phi) is 17.8. The number of hydrogen-bond acceptors (Lipinski definition) is 8. The Bertz CT molecular complexity index is 8120. The lowest BCUT2D eigenvalue weighted by molar-refractivity contribution is 0.00578. The molecule has 18 aromatic carbocycles. The zero-order valence-corrected chi connectivity index (χ0v) is 72.6. The fraction of sp³-hybridized carbons (Fsp3) is 0.105. The smallest absolute Gasteiger partial charge is 0.399 e. The van der Waals surface area contributed by atoms with Crippen molar-refractivity contribution in [1.29, 1.82) is 0 Å². The second-order valence-corrected chi connectivity index (χ2v) is 36.5. The van der Waals surface area contributed by atoms with Gasteiger partial charge in [0.15, 0.2) is 23.3 Å². The molecule has 25 rings (SSSR count). The first-order valence-electron chi connectivity index (χ1n) is 43.3. The van der Waals surface area contributed by atoms with Crippen LogP contribution in [0.2, 0.25) is 0 Å². The van der Waals surface area contributed by atoms with Crippen molar-refractivity contribution in [2.24, 2.45) is 0 Å². The van der Waals surface area contributed by atoms with Crippen LogP contribution in [0, 0.1) is 0 Å². The minimum Gasteiger partial charge on any atom is -0.399 e. The van der Waals surface area contributed by atoms with Crippen LogP contribution in [0.25, 0.3) is 199 Å². The molecule has 5 heterocycles. The lowest BCUT2D eigenvalue weighted by atomic mass is 9.77. The van der Waals surface area contributed by atoms with Crippen molar-refractivity contribution in [2.75, 3.05) is 0 Å². The molecule has 0 bridgehead atoms. The van der Waals surface area contributed by atoms with E-state index >= 15 is 0 Å². The van der Waals surface area contributed by atoms with Crippen LogP contribution >= 0.6 is 15.9 Å². The van der Waals surface area contributed by atoms with E-state index < -0.39 is 0 Å². The minimum absolute atomic E-state index is 0.0271.